The van der Waals surface area contributed by atoms with Crippen molar-refractivity contribution in [2.75, 3.05) is 5.32 Å². The SMILES string of the molecule is N#Cc1c[nH]nc1NCc1cccnc1. The molecule has 2 aromatic heterocycles. The first-order chi connectivity index (χ1) is 7.40. The molecule has 0 unspecified atom stereocenters. The molecule has 0 aliphatic rings. The molecule has 5 nitrogen and oxygen atoms in total. The highest BCUT2D eigenvalue weighted by molar-refractivity contribution is 5.50. The van der Waals surface area contributed by atoms with Crippen molar-refractivity contribution in [1.82, 2.24) is 15.2 Å². The van der Waals surface area contributed by atoms with E-state index >= 15 is 0 Å². The summed E-state index contributed by atoms with van der Waals surface area (Å²) in [5.74, 6) is 0.571. The number of hydrogen-bond acceptors (Lipinski definition) is 4. The minimum atomic E-state index is 0.513. The maximum absolute atomic E-state index is 8.74. The van der Waals surface area contributed by atoms with Gasteiger partial charge in [-0.05, 0) is 11.6 Å². The number of anilines is 1. The average Bonchev–Trinajstić information content (AvgIpc) is 2.75. The van der Waals surface area contributed by atoms with E-state index in [1.165, 1.54) is 0 Å². The molecule has 0 aromatic carbocycles. The number of aromatic nitrogens is 3. The smallest absolute Gasteiger partial charge is 0.166 e. The summed E-state index contributed by atoms with van der Waals surface area (Å²) < 4.78 is 0. The second-order valence-corrected chi connectivity index (χ2v) is 2.97. The lowest BCUT2D eigenvalue weighted by atomic mass is 10.3. The number of hydrogen-bond donors (Lipinski definition) is 2. The summed E-state index contributed by atoms with van der Waals surface area (Å²) in [6, 6.07) is 5.86. The Labute approximate surface area is 86.8 Å². The minimum Gasteiger partial charge on any atom is -0.363 e. The first kappa shape index (κ1) is 9.21. The van der Waals surface area contributed by atoms with Crippen LogP contribution < -0.4 is 5.32 Å². The van der Waals surface area contributed by atoms with Gasteiger partial charge in [-0.1, -0.05) is 6.07 Å². The number of nitriles is 1. The summed E-state index contributed by atoms with van der Waals surface area (Å²) in [7, 11) is 0. The number of nitrogens with one attached hydrogen (secondary N) is 2. The third-order valence-corrected chi connectivity index (χ3v) is 1.94. The first-order valence-electron chi connectivity index (χ1n) is 4.47. The number of pyridine rings is 1. The lowest BCUT2D eigenvalue weighted by Gasteiger charge is -2.02. The molecule has 0 aliphatic heterocycles. The lowest BCUT2D eigenvalue weighted by Crippen LogP contribution is -2.01. The van der Waals surface area contributed by atoms with Gasteiger partial charge >= 0.3 is 0 Å². The number of H-pyrrole nitrogens is 1. The molecular formula is C10H9N5. The number of aromatic amines is 1. The van der Waals surface area contributed by atoms with E-state index in [0.29, 0.717) is 17.9 Å². The van der Waals surface area contributed by atoms with Crippen LogP contribution in [0.4, 0.5) is 5.82 Å². The first-order valence-corrected chi connectivity index (χ1v) is 4.47. The molecule has 2 heterocycles. The Morgan fingerprint density at radius 1 is 1.53 bits per heavy atom. The van der Waals surface area contributed by atoms with Crippen molar-refractivity contribution in [3.63, 3.8) is 0 Å². The van der Waals surface area contributed by atoms with Gasteiger partial charge < -0.3 is 5.32 Å². The molecule has 0 aliphatic carbocycles. The van der Waals surface area contributed by atoms with Gasteiger partial charge in [0.05, 0.1) is 0 Å². The van der Waals surface area contributed by atoms with Gasteiger partial charge in [0.1, 0.15) is 11.6 Å². The molecule has 0 atom stereocenters. The number of rotatable bonds is 3. The molecule has 0 fully saturated rings. The summed E-state index contributed by atoms with van der Waals surface area (Å²) in [6.07, 6.45) is 5.05. The molecule has 0 amide bonds. The molecule has 2 aromatic rings. The Kier molecular flexibility index (Phi) is 2.61. The molecule has 5 heteroatoms. The highest BCUT2D eigenvalue weighted by Crippen LogP contribution is 2.10. The Morgan fingerprint density at radius 3 is 3.20 bits per heavy atom. The fraction of sp³-hybridized carbons (Fsp3) is 0.100. The van der Waals surface area contributed by atoms with Crippen molar-refractivity contribution in [1.29, 1.82) is 5.26 Å². The van der Waals surface area contributed by atoms with E-state index in [2.05, 4.69) is 20.5 Å². The zero-order valence-electron chi connectivity index (χ0n) is 7.94. The summed E-state index contributed by atoms with van der Waals surface area (Å²) >= 11 is 0. The van der Waals surface area contributed by atoms with Gasteiger partial charge in [0.2, 0.25) is 0 Å². The molecule has 2 N–H and O–H groups in total. The van der Waals surface area contributed by atoms with E-state index in [9.17, 15) is 0 Å². The van der Waals surface area contributed by atoms with Crippen molar-refractivity contribution in [3.8, 4) is 6.07 Å². The van der Waals surface area contributed by atoms with Gasteiger partial charge in [0, 0.05) is 25.1 Å². The van der Waals surface area contributed by atoms with Crippen LogP contribution in [-0.2, 0) is 6.54 Å². The zero-order chi connectivity index (χ0) is 10.5. The Balaban J connectivity index is 2.03. The van der Waals surface area contributed by atoms with Gasteiger partial charge in [-0.15, -0.1) is 0 Å². The lowest BCUT2D eigenvalue weighted by molar-refractivity contribution is 1.04. The van der Waals surface area contributed by atoms with Crippen LogP contribution in [0, 0.1) is 11.3 Å². The molecular weight excluding hydrogens is 190 g/mol. The third kappa shape index (κ3) is 2.11. The Morgan fingerprint density at radius 2 is 2.47 bits per heavy atom. The second kappa shape index (κ2) is 4.24. The topological polar surface area (TPSA) is 77.4 Å². The molecule has 15 heavy (non-hydrogen) atoms. The van der Waals surface area contributed by atoms with Crippen LogP contribution in [-0.4, -0.2) is 15.2 Å². The summed E-state index contributed by atoms with van der Waals surface area (Å²) in [5, 5.41) is 18.4. The summed E-state index contributed by atoms with van der Waals surface area (Å²) in [6.45, 7) is 0.605. The van der Waals surface area contributed by atoms with E-state index in [1.54, 1.807) is 18.6 Å². The minimum absolute atomic E-state index is 0.513. The molecule has 0 radical (unpaired) electrons. The van der Waals surface area contributed by atoms with E-state index in [1.807, 2.05) is 18.2 Å². The van der Waals surface area contributed by atoms with Gasteiger partial charge in [-0.25, -0.2) is 0 Å². The predicted octanol–water partition coefficient (Wildman–Crippen LogP) is 1.29. The highest BCUT2D eigenvalue weighted by Gasteiger charge is 2.03. The Hall–Kier alpha value is -2.35. The van der Waals surface area contributed by atoms with Crippen LogP contribution in [0.2, 0.25) is 0 Å². The molecule has 74 valence electrons. The zero-order valence-corrected chi connectivity index (χ0v) is 7.94. The van der Waals surface area contributed by atoms with Gasteiger partial charge in [0.25, 0.3) is 0 Å². The van der Waals surface area contributed by atoms with Gasteiger partial charge in [-0.2, -0.15) is 10.4 Å². The largest absolute Gasteiger partial charge is 0.363 e. The van der Waals surface area contributed by atoms with Crippen LogP contribution >= 0.6 is 0 Å². The van der Waals surface area contributed by atoms with Crippen LogP contribution in [0.5, 0.6) is 0 Å². The molecule has 0 bridgehead atoms. The van der Waals surface area contributed by atoms with Gasteiger partial charge in [-0.3, -0.25) is 10.1 Å². The van der Waals surface area contributed by atoms with Crippen LogP contribution in [0.3, 0.4) is 0 Å². The average molecular weight is 199 g/mol. The summed E-state index contributed by atoms with van der Waals surface area (Å²) in [5.41, 5.74) is 1.56. The molecule has 0 saturated carbocycles. The number of nitrogens with zero attached hydrogens (tertiary/aromatic N) is 3. The van der Waals surface area contributed by atoms with Crippen LogP contribution in [0.25, 0.3) is 0 Å². The maximum atomic E-state index is 8.74. The van der Waals surface area contributed by atoms with Crippen molar-refractivity contribution in [3.05, 3.63) is 41.9 Å². The van der Waals surface area contributed by atoms with Crippen molar-refractivity contribution < 1.29 is 0 Å². The van der Waals surface area contributed by atoms with E-state index in [-0.39, 0.29) is 0 Å². The Bertz CT molecular complexity index is 468. The van der Waals surface area contributed by atoms with Crippen molar-refractivity contribution in [2.45, 2.75) is 6.54 Å². The second-order valence-electron chi connectivity index (χ2n) is 2.97. The third-order valence-electron chi connectivity index (χ3n) is 1.94. The van der Waals surface area contributed by atoms with Crippen molar-refractivity contribution >= 4 is 5.82 Å². The standard InChI is InChI=1S/C10H9N5/c11-4-9-7-14-15-10(9)13-6-8-2-1-3-12-5-8/h1-3,5,7H,6H2,(H2,13,14,15). The van der Waals surface area contributed by atoms with Crippen LogP contribution in [0.1, 0.15) is 11.1 Å². The predicted molar refractivity (Wildman–Crippen MR) is 54.9 cm³/mol. The van der Waals surface area contributed by atoms with E-state index in [4.69, 9.17) is 5.26 Å². The van der Waals surface area contributed by atoms with Crippen LogP contribution in [0.15, 0.2) is 30.7 Å². The van der Waals surface area contributed by atoms with E-state index < -0.39 is 0 Å². The maximum Gasteiger partial charge on any atom is 0.166 e. The van der Waals surface area contributed by atoms with E-state index in [0.717, 1.165) is 5.56 Å². The normalized spacial score (nSPS) is 9.53. The fourth-order valence-electron chi connectivity index (χ4n) is 1.20. The molecule has 0 spiro atoms. The fourth-order valence-corrected chi connectivity index (χ4v) is 1.20. The quantitative estimate of drug-likeness (QED) is 0.780. The van der Waals surface area contributed by atoms with Crippen molar-refractivity contribution in [2.24, 2.45) is 0 Å². The monoisotopic (exact) mass is 199 g/mol. The highest BCUT2D eigenvalue weighted by atomic mass is 15.2. The summed E-state index contributed by atoms with van der Waals surface area (Å²) in [4.78, 5) is 3.99. The molecule has 0 saturated heterocycles. The van der Waals surface area contributed by atoms with Gasteiger partial charge in [0.15, 0.2) is 5.82 Å². The molecule has 2 rings (SSSR count).